The quantitative estimate of drug-likeness (QED) is 0.229. The number of pyridine rings is 1. The zero-order chi connectivity index (χ0) is 23.8. The smallest absolute Gasteiger partial charge is 0.239 e. The third-order valence-corrected chi connectivity index (χ3v) is 8.49. The minimum atomic E-state index is -2.27. The summed E-state index contributed by atoms with van der Waals surface area (Å²) in [7, 11) is 0. The summed E-state index contributed by atoms with van der Waals surface area (Å²) >= 11 is 1.74. The Morgan fingerprint density at radius 2 is 1.65 bits per heavy atom. The van der Waals surface area contributed by atoms with E-state index in [0.717, 1.165) is 39.9 Å². The molecule has 0 unspecified atom stereocenters. The van der Waals surface area contributed by atoms with Crippen LogP contribution in [-0.2, 0) is 6.42 Å². The Morgan fingerprint density at radius 1 is 0.882 bits per heavy atom. The van der Waals surface area contributed by atoms with Crippen LogP contribution in [0.15, 0.2) is 60.8 Å². The van der Waals surface area contributed by atoms with Crippen molar-refractivity contribution in [3.63, 3.8) is 0 Å². The maximum absolute atomic E-state index is 12.8. The molecule has 0 bridgehead atoms. The first kappa shape index (κ1) is 22.9. The van der Waals surface area contributed by atoms with Crippen molar-refractivity contribution in [3.05, 3.63) is 77.5 Å². The van der Waals surface area contributed by atoms with Gasteiger partial charge in [-0.2, -0.15) is 0 Å². The minimum Gasteiger partial charge on any atom is -0.255 e. The molecule has 0 spiro atoms. The Morgan fingerprint density at radius 3 is 2.41 bits per heavy atom. The Bertz CT molecular complexity index is 1480. The van der Waals surface area contributed by atoms with Gasteiger partial charge in [-0.1, -0.05) is 50.2 Å². The van der Waals surface area contributed by atoms with Crippen molar-refractivity contribution in [2.75, 3.05) is 0 Å². The maximum Gasteiger partial charge on any atom is 0.239 e. The summed E-state index contributed by atoms with van der Waals surface area (Å²) in [6, 6.07) is 19.4. The first-order chi connectivity index (χ1) is 16.5. The highest BCUT2D eigenvalue weighted by Gasteiger charge is 2.18. The summed E-state index contributed by atoms with van der Waals surface area (Å²) in [5.41, 5.74) is 5.67. The molecule has 0 saturated carbocycles. The molecule has 2 aromatic heterocycles. The number of hydrogen-bond donors (Lipinski definition) is 0. The Balaban J connectivity index is 1.72. The monoisotopic (exact) mass is 473 g/mol. The van der Waals surface area contributed by atoms with E-state index in [-0.39, 0.29) is 6.42 Å². The number of aryl methyl sites for hydroxylation is 2. The van der Waals surface area contributed by atoms with E-state index in [4.69, 9.17) is 4.98 Å². The first-order valence-corrected chi connectivity index (χ1v) is 12.9. The molecule has 0 N–H and O–H groups in total. The van der Waals surface area contributed by atoms with Crippen molar-refractivity contribution < 1.29 is 8.78 Å². The van der Waals surface area contributed by atoms with E-state index in [0.29, 0.717) is 12.3 Å². The summed E-state index contributed by atoms with van der Waals surface area (Å²) in [4.78, 5) is 4.85. The van der Waals surface area contributed by atoms with Gasteiger partial charge in [-0.05, 0) is 77.8 Å². The fourth-order valence-corrected chi connectivity index (χ4v) is 6.56. The fourth-order valence-electron chi connectivity index (χ4n) is 5.23. The molecule has 0 aliphatic heterocycles. The van der Waals surface area contributed by atoms with Crippen molar-refractivity contribution in [1.29, 1.82) is 0 Å². The van der Waals surface area contributed by atoms with Gasteiger partial charge in [0.15, 0.2) is 0 Å². The molecule has 174 valence electrons. The number of aromatic nitrogens is 1. The van der Waals surface area contributed by atoms with Gasteiger partial charge in [0, 0.05) is 33.7 Å². The van der Waals surface area contributed by atoms with Crippen LogP contribution >= 0.6 is 11.3 Å². The van der Waals surface area contributed by atoms with Crippen LogP contribution in [0.3, 0.4) is 0 Å². The van der Waals surface area contributed by atoms with Gasteiger partial charge in [-0.25, -0.2) is 8.78 Å². The number of hydrogen-bond acceptors (Lipinski definition) is 2. The highest BCUT2D eigenvalue weighted by Crippen LogP contribution is 2.42. The second kappa shape index (κ2) is 9.42. The molecule has 0 aliphatic rings. The second-order valence-corrected chi connectivity index (χ2v) is 10.1. The lowest BCUT2D eigenvalue weighted by atomic mass is 9.87. The van der Waals surface area contributed by atoms with Crippen LogP contribution in [0.2, 0.25) is 0 Å². The zero-order valence-electron chi connectivity index (χ0n) is 19.9. The van der Waals surface area contributed by atoms with Gasteiger partial charge in [-0.15, -0.1) is 11.3 Å². The van der Waals surface area contributed by atoms with Crippen LogP contribution in [-0.4, -0.2) is 11.4 Å². The van der Waals surface area contributed by atoms with Crippen LogP contribution in [0.1, 0.15) is 55.7 Å². The van der Waals surface area contributed by atoms with Crippen LogP contribution in [0.5, 0.6) is 0 Å². The lowest BCUT2D eigenvalue weighted by molar-refractivity contribution is 0.138. The molecule has 0 atom stereocenters. The van der Waals surface area contributed by atoms with E-state index in [1.54, 1.807) is 11.3 Å². The third kappa shape index (κ3) is 3.98. The molecule has 0 fully saturated rings. The molecule has 5 aromatic rings. The largest absolute Gasteiger partial charge is 0.255 e. The van der Waals surface area contributed by atoms with E-state index in [1.165, 1.54) is 31.8 Å². The molecular weight excluding hydrogens is 444 g/mol. The number of alkyl halides is 2. The van der Waals surface area contributed by atoms with Crippen LogP contribution in [0.4, 0.5) is 8.78 Å². The maximum atomic E-state index is 12.8. The summed E-state index contributed by atoms with van der Waals surface area (Å²) in [6.07, 6.45) is 2.14. The lowest BCUT2D eigenvalue weighted by Gasteiger charge is -2.18. The average Bonchev–Trinajstić information content (AvgIpc) is 3.24. The normalized spacial score (nSPS) is 12.1. The molecule has 5 rings (SSSR count). The Hall–Kier alpha value is -2.85. The molecule has 4 heteroatoms. The highest BCUT2D eigenvalue weighted by molar-refractivity contribution is 7.26. The lowest BCUT2D eigenvalue weighted by Crippen LogP contribution is -1.98. The van der Waals surface area contributed by atoms with Crippen LogP contribution in [0, 0.1) is 6.92 Å². The van der Waals surface area contributed by atoms with Gasteiger partial charge in [0.2, 0.25) is 6.43 Å². The topological polar surface area (TPSA) is 12.9 Å². The van der Waals surface area contributed by atoms with Crippen molar-refractivity contribution in [1.82, 2.24) is 4.98 Å². The third-order valence-electron chi connectivity index (χ3n) is 7.14. The molecular formula is C30H29F2NS. The fraction of sp³-hybridized carbons (Fsp3) is 0.300. The van der Waals surface area contributed by atoms with Gasteiger partial charge in [-0.3, -0.25) is 4.98 Å². The van der Waals surface area contributed by atoms with Gasteiger partial charge in [0.05, 0.1) is 10.4 Å². The van der Waals surface area contributed by atoms with Crippen molar-refractivity contribution in [3.8, 4) is 11.3 Å². The second-order valence-electron chi connectivity index (χ2n) is 9.09. The first-order valence-electron chi connectivity index (χ1n) is 12.1. The number of benzene rings is 3. The number of halogens is 2. The number of nitrogens with zero attached hydrogens (tertiary/aromatic N) is 1. The molecule has 1 nitrogen and oxygen atoms in total. The van der Waals surface area contributed by atoms with E-state index in [9.17, 15) is 8.78 Å². The van der Waals surface area contributed by atoms with E-state index >= 15 is 0 Å². The minimum absolute atomic E-state index is 0.0973. The summed E-state index contributed by atoms with van der Waals surface area (Å²) in [5.74, 6) is 0.506. The number of fused-ring (bicyclic) bond motifs is 4. The van der Waals surface area contributed by atoms with Crippen LogP contribution < -0.4 is 0 Å². The SMILES string of the molecule is CCC(CC)c1cc(-c2nccc3c2sc2c(C)c(CCC(F)F)ccc23)cc2ccccc12. The van der Waals surface area contributed by atoms with E-state index in [1.807, 2.05) is 12.3 Å². The highest BCUT2D eigenvalue weighted by atomic mass is 32.1. The predicted molar refractivity (Wildman–Crippen MR) is 142 cm³/mol. The van der Waals surface area contributed by atoms with Crippen molar-refractivity contribution in [2.24, 2.45) is 0 Å². The van der Waals surface area contributed by atoms with Crippen LogP contribution in [0.25, 0.3) is 42.2 Å². The number of rotatable bonds is 7. The van der Waals surface area contributed by atoms with Crippen molar-refractivity contribution >= 4 is 42.3 Å². The number of thiophene rings is 1. The molecule has 0 radical (unpaired) electrons. The molecule has 0 aliphatic carbocycles. The Kier molecular flexibility index (Phi) is 6.35. The van der Waals surface area contributed by atoms with Gasteiger partial charge >= 0.3 is 0 Å². The zero-order valence-corrected chi connectivity index (χ0v) is 20.7. The summed E-state index contributed by atoms with van der Waals surface area (Å²) in [6.45, 7) is 6.58. The van der Waals surface area contributed by atoms with E-state index < -0.39 is 6.43 Å². The molecule has 3 aromatic carbocycles. The average molecular weight is 474 g/mol. The summed E-state index contributed by atoms with van der Waals surface area (Å²) in [5, 5.41) is 4.93. The van der Waals surface area contributed by atoms with Gasteiger partial charge in [0.1, 0.15) is 0 Å². The Labute approximate surface area is 203 Å². The van der Waals surface area contributed by atoms with Gasteiger partial charge in [0.25, 0.3) is 0 Å². The van der Waals surface area contributed by atoms with E-state index in [2.05, 4.69) is 69.3 Å². The summed E-state index contributed by atoms with van der Waals surface area (Å²) < 4.78 is 28.0. The molecule has 2 heterocycles. The predicted octanol–water partition coefficient (Wildman–Crippen LogP) is 9.68. The molecule has 0 saturated heterocycles. The van der Waals surface area contributed by atoms with Crippen molar-refractivity contribution in [2.45, 2.75) is 58.8 Å². The molecule has 0 amide bonds. The molecule has 34 heavy (non-hydrogen) atoms. The standard InChI is InChI=1S/C30H29F2NS/c1-4-19(5-2)26-17-22(16-21-8-6-7-9-23(21)26)28-30-25(14-15-33-28)24-12-10-20(11-13-27(31)32)18(3)29(24)34-30/h6-10,12,14-17,19,27H,4-5,11,13H2,1-3H3. The van der Waals surface area contributed by atoms with Gasteiger partial charge < -0.3 is 0 Å².